The van der Waals surface area contributed by atoms with Crippen LogP contribution in [0.15, 0.2) is 23.4 Å². The van der Waals surface area contributed by atoms with Crippen LogP contribution in [0.2, 0.25) is 0 Å². The Labute approximate surface area is 87.6 Å². The maximum Gasteiger partial charge on any atom is 0.170 e. The summed E-state index contributed by atoms with van der Waals surface area (Å²) in [6, 6.07) is 4.22. The van der Waals surface area contributed by atoms with Gasteiger partial charge in [0.1, 0.15) is 5.82 Å². The van der Waals surface area contributed by atoms with Gasteiger partial charge in [-0.15, -0.1) is 0 Å². The number of amidine groups is 1. The van der Waals surface area contributed by atoms with Crippen molar-refractivity contribution in [3.63, 3.8) is 0 Å². The van der Waals surface area contributed by atoms with E-state index in [0.717, 1.165) is 12.1 Å². The molecule has 4 N–H and O–H groups in total. The molecule has 0 aliphatic heterocycles. The molecule has 0 radical (unpaired) electrons. The van der Waals surface area contributed by atoms with Crippen molar-refractivity contribution < 1.29 is 9.60 Å². The van der Waals surface area contributed by atoms with E-state index in [-0.39, 0.29) is 5.84 Å². The van der Waals surface area contributed by atoms with Crippen LogP contribution in [0.5, 0.6) is 0 Å². The minimum absolute atomic E-state index is 0.0811. The first kappa shape index (κ1) is 11.5. The lowest BCUT2D eigenvalue weighted by Gasteiger charge is -2.08. The third-order valence-corrected chi connectivity index (χ3v) is 2.02. The monoisotopic (exact) mass is 211 g/mol. The molecule has 0 fully saturated rings. The first-order chi connectivity index (χ1) is 7.19. The highest BCUT2D eigenvalue weighted by Gasteiger charge is 2.07. The van der Waals surface area contributed by atoms with E-state index >= 15 is 0 Å². The molecule has 1 rings (SSSR count). The van der Waals surface area contributed by atoms with Gasteiger partial charge in [0.15, 0.2) is 5.84 Å². The second-order valence-corrected chi connectivity index (χ2v) is 3.07. The third-order valence-electron chi connectivity index (χ3n) is 2.02. The van der Waals surface area contributed by atoms with Gasteiger partial charge in [0.25, 0.3) is 0 Å². The second-order valence-electron chi connectivity index (χ2n) is 3.07. The standard InChI is InChI=1S/C10H14FN3O/c1-2-13-6-7-3-4-8(11)5-9(7)10(12)14-15/h3-5,13,15H,2,6H2,1H3,(H2,12,14). The average molecular weight is 211 g/mol. The number of nitrogens with one attached hydrogen (secondary N) is 1. The molecular weight excluding hydrogens is 197 g/mol. The average Bonchev–Trinajstić information content (AvgIpc) is 2.26. The molecule has 0 aromatic heterocycles. The number of oxime groups is 1. The fourth-order valence-electron chi connectivity index (χ4n) is 1.25. The summed E-state index contributed by atoms with van der Waals surface area (Å²) in [5, 5.41) is 14.5. The summed E-state index contributed by atoms with van der Waals surface area (Å²) in [5.74, 6) is -0.487. The third kappa shape index (κ3) is 2.92. The molecule has 15 heavy (non-hydrogen) atoms. The zero-order valence-corrected chi connectivity index (χ0v) is 8.50. The molecule has 0 bridgehead atoms. The number of halogens is 1. The molecule has 0 spiro atoms. The van der Waals surface area contributed by atoms with Crippen LogP contribution in [0, 0.1) is 5.82 Å². The Morgan fingerprint density at radius 3 is 2.93 bits per heavy atom. The van der Waals surface area contributed by atoms with Gasteiger partial charge >= 0.3 is 0 Å². The molecule has 0 unspecified atom stereocenters. The van der Waals surface area contributed by atoms with Crippen molar-refractivity contribution in [1.29, 1.82) is 0 Å². The van der Waals surface area contributed by atoms with Crippen LogP contribution in [0.4, 0.5) is 4.39 Å². The number of hydrogen-bond donors (Lipinski definition) is 3. The molecule has 0 saturated heterocycles. The van der Waals surface area contributed by atoms with Crippen LogP contribution in [0.1, 0.15) is 18.1 Å². The molecule has 0 aliphatic rings. The molecule has 1 aromatic carbocycles. The summed E-state index contributed by atoms with van der Waals surface area (Å²) in [6.07, 6.45) is 0. The lowest BCUT2D eigenvalue weighted by Crippen LogP contribution is -2.20. The van der Waals surface area contributed by atoms with E-state index in [0.29, 0.717) is 12.1 Å². The maximum absolute atomic E-state index is 13.0. The van der Waals surface area contributed by atoms with Crippen LogP contribution in [0.3, 0.4) is 0 Å². The molecule has 0 heterocycles. The Kier molecular flexibility index (Phi) is 4.05. The van der Waals surface area contributed by atoms with Gasteiger partial charge in [-0.3, -0.25) is 0 Å². The summed E-state index contributed by atoms with van der Waals surface area (Å²) >= 11 is 0. The summed E-state index contributed by atoms with van der Waals surface area (Å²) in [5.41, 5.74) is 6.66. The predicted octanol–water partition coefficient (Wildman–Crippen LogP) is 1.03. The minimum Gasteiger partial charge on any atom is -0.409 e. The van der Waals surface area contributed by atoms with Crippen LogP contribution >= 0.6 is 0 Å². The van der Waals surface area contributed by atoms with Crippen molar-refractivity contribution in [1.82, 2.24) is 5.32 Å². The molecular formula is C10H14FN3O. The molecule has 0 amide bonds. The van der Waals surface area contributed by atoms with E-state index < -0.39 is 5.82 Å². The van der Waals surface area contributed by atoms with E-state index in [1.165, 1.54) is 12.1 Å². The van der Waals surface area contributed by atoms with Crippen LogP contribution < -0.4 is 11.1 Å². The topological polar surface area (TPSA) is 70.6 Å². The van der Waals surface area contributed by atoms with E-state index in [2.05, 4.69) is 10.5 Å². The van der Waals surface area contributed by atoms with Gasteiger partial charge in [0.2, 0.25) is 0 Å². The Morgan fingerprint density at radius 2 is 2.33 bits per heavy atom. The molecule has 82 valence electrons. The van der Waals surface area contributed by atoms with Crippen LogP contribution in [0.25, 0.3) is 0 Å². The van der Waals surface area contributed by atoms with E-state index in [1.807, 2.05) is 6.92 Å². The summed E-state index contributed by atoms with van der Waals surface area (Å²) in [7, 11) is 0. The fourth-order valence-corrected chi connectivity index (χ4v) is 1.25. The summed E-state index contributed by atoms with van der Waals surface area (Å²) in [6.45, 7) is 3.32. The van der Waals surface area contributed by atoms with Crippen molar-refractivity contribution in [2.45, 2.75) is 13.5 Å². The highest BCUT2D eigenvalue weighted by atomic mass is 19.1. The van der Waals surface area contributed by atoms with Gasteiger partial charge in [0.05, 0.1) is 0 Å². The van der Waals surface area contributed by atoms with Gasteiger partial charge in [0, 0.05) is 12.1 Å². The van der Waals surface area contributed by atoms with Crippen molar-refractivity contribution >= 4 is 5.84 Å². The zero-order valence-electron chi connectivity index (χ0n) is 8.50. The molecule has 1 aromatic rings. The molecule has 0 atom stereocenters. The first-order valence-electron chi connectivity index (χ1n) is 4.66. The van der Waals surface area contributed by atoms with Gasteiger partial charge in [-0.25, -0.2) is 4.39 Å². The van der Waals surface area contributed by atoms with Gasteiger partial charge in [-0.1, -0.05) is 18.1 Å². The summed E-state index contributed by atoms with van der Waals surface area (Å²) in [4.78, 5) is 0. The number of rotatable bonds is 4. The Morgan fingerprint density at radius 1 is 1.60 bits per heavy atom. The van der Waals surface area contributed by atoms with E-state index in [4.69, 9.17) is 10.9 Å². The van der Waals surface area contributed by atoms with Gasteiger partial charge in [-0.05, 0) is 24.2 Å². The highest BCUT2D eigenvalue weighted by Crippen LogP contribution is 2.11. The van der Waals surface area contributed by atoms with Crippen LogP contribution in [-0.4, -0.2) is 17.6 Å². The molecule has 5 heteroatoms. The smallest absolute Gasteiger partial charge is 0.170 e. The minimum atomic E-state index is -0.406. The lowest BCUT2D eigenvalue weighted by molar-refractivity contribution is 0.318. The molecule has 0 saturated carbocycles. The van der Waals surface area contributed by atoms with Crippen molar-refractivity contribution in [2.75, 3.05) is 6.54 Å². The molecule has 0 aliphatic carbocycles. The van der Waals surface area contributed by atoms with Crippen molar-refractivity contribution in [2.24, 2.45) is 10.9 Å². The predicted molar refractivity (Wildman–Crippen MR) is 56.3 cm³/mol. The Hall–Kier alpha value is -1.62. The first-order valence-corrected chi connectivity index (χ1v) is 4.66. The quantitative estimate of drug-likeness (QED) is 0.301. The Bertz CT molecular complexity index is 366. The van der Waals surface area contributed by atoms with Crippen molar-refractivity contribution in [3.05, 3.63) is 35.1 Å². The zero-order chi connectivity index (χ0) is 11.3. The number of hydrogen-bond acceptors (Lipinski definition) is 3. The maximum atomic E-state index is 13.0. The largest absolute Gasteiger partial charge is 0.409 e. The Balaban J connectivity index is 3.03. The van der Waals surface area contributed by atoms with E-state index in [1.54, 1.807) is 6.07 Å². The van der Waals surface area contributed by atoms with Crippen molar-refractivity contribution in [3.8, 4) is 0 Å². The highest BCUT2D eigenvalue weighted by molar-refractivity contribution is 5.98. The van der Waals surface area contributed by atoms with Gasteiger partial charge < -0.3 is 16.3 Å². The lowest BCUT2D eigenvalue weighted by atomic mass is 10.1. The normalized spacial score (nSPS) is 11.7. The number of benzene rings is 1. The summed E-state index contributed by atoms with van der Waals surface area (Å²) < 4.78 is 13.0. The number of nitrogens with zero attached hydrogens (tertiary/aromatic N) is 1. The fraction of sp³-hybridized carbons (Fsp3) is 0.300. The second kappa shape index (κ2) is 5.31. The molecule has 4 nitrogen and oxygen atoms in total. The van der Waals surface area contributed by atoms with Crippen LogP contribution in [-0.2, 0) is 6.54 Å². The van der Waals surface area contributed by atoms with Gasteiger partial charge in [-0.2, -0.15) is 0 Å². The number of nitrogens with two attached hydrogens (primary N) is 1. The van der Waals surface area contributed by atoms with E-state index in [9.17, 15) is 4.39 Å². The SMILES string of the molecule is CCNCc1ccc(F)cc1C(N)=NO.